The second kappa shape index (κ2) is 5.76. The fraction of sp³-hybridized carbons (Fsp3) is 0.0500. The summed E-state index contributed by atoms with van der Waals surface area (Å²) in [5, 5.41) is 2.94. The topological polar surface area (TPSA) is 29.1 Å². The van der Waals surface area contributed by atoms with Gasteiger partial charge >= 0.3 is 0 Å². The lowest BCUT2D eigenvalue weighted by atomic mass is 9.94. The second-order valence-corrected chi connectivity index (χ2v) is 7.19. The Morgan fingerprint density at radius 2 is 1.33 bits per heavy atom. The molecule has 4 rings (SSSR count). The molecule has 4 heteroatoms. The van der Waals surface area contributed by atoms with E-state index in [9.17, 15) is 4.79 Å². The molecule has 0 saturated carbocycles. The van der Waals surface area contributed by atoms with Crippen LogP contribution in [0.2, 0.25) is 0 Å². The van der Waals surface area contributed by atoms with Gasteiger partial charge in [-0.05, 0) is 46.5 Å². The molecule has 1 amide bonds. The zero-order valence-corrected chi connectivity index (χ0v) is 14.9. The summed E-state index contributed by atoms with van der Waals surface area (Å²) in [6, 6.07) is 23.0. The Morgan fingerprint density at radius 3 is 1.88 bits per heavy atom. The highest BCUT2D eigenvalue weighted by atomic mass is 79.9. The minimum absolute atomic E-state index is 0.246. The maximum absolute atomic E-state index is 13.1. The molecule has 2 nitrogen and oxygen atoms in total. The first-order valence-corrected chi connectivity index (χ1v) is 8.73. The van der Waals surface area contributed by atoms with E-state index in [0.29, 0.717) is 5.69 Å². The van der Waals surface area contributed by atoms with Gasteiger partial charge in [0.05, 0.1) is 0 Å². The highest BCUT2D eigenvalue weighted by Crippen LogP contribution is 2.51. The van der Waals surface area contributed by atoms with E-state index in [1.807, 2.05) is 72.8 Å². The van der Waals surface area contributed by atoms with Crippen molar-refractivity contribution < 1.29 is 4.79 Å². The standard InChI is InChI=1S/C20H13BrClNO/c21-13-9-11-14(12-10-13)23-19(24)20(22)17-7-3-1-5-15(17)16-6-2-4-8-18(16)20/h1-12H,(H,23,24). The van der Waals surface area contributed by atoms with Gasteiger partial charge in [0.1, 0.15) is 0 Å². The van der Waals surface area contributed by atoms with Gasteiger partial charge in [-0.15, -0.1) is 0 Å². The summed E-state index contributed by atoms with van der Waals surface area (Å²) in [7, 11) is 0. The van der Waals surface area contributed by atoms with Gasteiger partial charge in [0.15, 0.2) is 4.87 Å². The molecule has 0 spiro atoms. The Hall–Kier alpha value is -2.10. The number of hydrogen-bond donors (Lipinski definition) is 1. The van der Waals surface area contributed by atoms with E-state index < -0.39 is 4.87 Å². The van der Waals surface area contributed by atoms with Crippen LogP contribution in [-0.4, -0.2) is 5.91 Å². The van der Waals surface area contributed by atoms with Crippen molar-refractivity contribution in [2.75, 3.05) is 5.32 Å². The van der Waals surface area contributed by atoms with Crippen LogP contribution in [0.3, 0.4) is 0 Å². The molecule has 0 bridgehead atoms. The van der Waals surface area contributed by atoms with E-state index in [0.717, 1.165) is 26.7 Å². The summed E-state index contributed by atoms with van der Waals surface area (Å²) >= 11 is 10.3. The number of halogens is 2. The molecule has 118 valence electrons. The number of amides is 1. The van der Waals surface area contributed by atoms with Crippen molar-refractivity contribution >= 4 is 39.1 Å². The van der Waals surface area contributed by atoms with Crippen LogP contribution in [0.1, 0.15) is 11.1 Å². The van der Waals surface area contributed by atoms with Gasteiger partial charge in [-0.3, -0.25) is 4.79 Å². The molecule has 1 N–H and O–H groups in total. The van der Waals surface area contributed by atoms with Crippen LogP contribution in [0.5, 0.6) is 0 Å². The van der Waals surface area contributed by atoms with Crippen molar-refractivity contribution in [3.63, 3.8) is 0 Å². The van der Waals surface area contributed by atoms with Crippen LogP contribution in [0.15, 0.2) is 77.3 Å². The molecule has 0 heterocycles. The average molecular weight is 399 g/mol. The number of hydrogen-bond acceptors (Lipinski definition) is 1. The van der Waals surface area contributed by atoms with Crippen LogP contribution in [0.4, 0.5) is 5.69 Å². The summed E-state index contributed by atoms with van der Waals surface area (Å²) < 4.78 is 0.956. The van der Waals surface area contributed by atoms with Crippen molar-refractivity contribution in [1.82, 2.24) is 0 Å². The van der Waals surface area contributed by atoms with Crippen LogP contribution < -0.4 is 5.32 Å². The highest BCUT2D eigenvalue weighted by Gasteiger charge is 2.47. The molecular weight excluding hydrogens is 386 g/mol. The van der Waals surface area contributed by atoms with Crippen molar-refractivity contribution in [1.29, 1.82) is 0 Å². The normalized spacial score (nSPS) is 13.9. The molecular formula is C20H13BrClNO. The van der Waals surface area contributed by atoms with E-state index in [1.54, 1.807) is 0 Å². The van der Waals surface area contributed by atoms with E-state index in [-0.39, 0.29) is 5.91 Å². The quantitative estimate of drug-likeness (QED) is 0.563. The molecule has 0 radical (unpaired) electrons. The van der Waals surface area contributed by atoms with Crippen LogP contribution >= 0.6 is 27.5 Å². The lowest BCUT2D eigenvalue weighted by Gasteiger charge is -2.23. The minimum atomic E-state index is -1.22. The third kappa shape index (κ3) is 2.27. The van der Waals surface area contributed by atoms with Gasteiger partial charge in [0.2, 0.25) is 0 Å². The van der Waals surface area contributed by atoms with Crippen LogP contribution in [0.25, 0.3) is 11.1 Å². The van der Waals surface area contributed by atoms with Crippen LogP contribution in [0, 0.1) is 0 Å². The molecule has 24 heavy (non-hydrogen) atoms. The van der Waals surface area contributed by atoms with Crippen molar-refractivity contribution in [2.24, 2.45) is 0 Å². The number of carbonyl (C=O) groups excluding carboxylic acids is 1. The summed E-state index contributed by atoms with van der Waals surface area (Å²) in [6.45, 7) is 0. The predicted molar refractivity (Wildman–Crippen MR) is 101 cm³/mol. The fourth-order valence-electron chi connectivity index (χ4n) is 3.18. The number of nitrogens with one attached hydrogen (secondary N) is 1. The molecule has 0 atom stereocenters. The Labute approximate surface area is 153 Å². The Morgan fingerprint density at radius 1 is 0.833 bits per heavy atom. The van der Waals surface area contributed by atoms with E-state index >= 15 is 0 Å². The van der Waals surface area contributed by atoms with Crippen molar-refractivity contribution in [2.45, 2.75) is 4.87 Å². The third-order valence-corrected chi connectivity index (χ3v) is 5.41. The van der Waals surface area contributed by atoms with E-state index in [2.05, 4.69) is 21.2 Å². The first kappa shape index (κ1) is 15.4. The molecule has 0 aromatic heterocycles. The zero-order valence-electron chi connectivity index (χ0n) is 12.6. The number of carbonyl (C=O) groups is 1. The van der Waals surface area contributed by atoms with Gasteiger partial charge in [-0.2, -0.15) is 0 Å². The number of fused-ring (bicyclic) bond motifs is 3. The Balaban J connectivity index is 1.81. The van der Waals surface area contributed by atoms with Crippen molar-refractivity contribution in [3.8, 4) is 11.1 Å². The van der Waals surface area contributed by atoms with Crippen LogP contribution in [-0.2, 0) is 9.67 Å². The summed E-state index contributed by atoms with van der Waals surface area (Å²) in [4.78, 5) is 11.9. The lowest BCUT2D eigenvalue weighted by molar-refractivity contribution is -0.117. The molecule has 0 aliphatic heterocycles. The number of alkyl halides is 1. The number of anilines is 1. The molecule has 3 aromatic carbocycles. The maximum atomic E-state index is 13.1. The van der Waals surface area contributed by atoms with Gasteiger partial charge < -0.3 is 5.32 Å². The fourth-order valence-corrected chi connectivity index (χ4v) is 3.82. The summed E-state index contributed by atoms with van der Waals surface area (Å²) in [5.41, 5.74) is 4.37. The lowest BCUT2D eigenvalue weighted by Crippen LogP contribution is -2.34. The summed E-state index contributed by atoms with van der Waals surface area (Å²) in [6.07, 6.45) is 0. The van der Waals surface area contributed by atoms with E-state index in [1.165, 1.54) is 0 Å². The highest BCUT2D eigenvalue weighted by molar-refractivity contribution is 9.10. The predicted octanol–water partition coefficient (Wildman–Crippen LogP) is 5.55. The monoisotopic (exact) mass is 397 g/mol. The Kier molecular flexibility index (Phi) is 3.70. The first-order valence-electron chi connectivity index (χ1n) is 7.56. The first-order chi connectivity index (χ1) is 11.6. The molecule has 1 aliphatic carbocycles. The largest absolute Gasteiger partial charge is 0.324 e. The van der Waals surface area contributed by atoms with Gasteiger partial charge in [0.25, 0.3) is 5.91 Å². The molecule has 0 unspecified atom stereocenters. The third-order valence-electron chi connectivity index (χ3n) is 4.30. The molecule has 0 saturated heterocycles. The SMILES string of the molecule is O=C(Nc1ccc(Br)cc1)C1(Cl)c2ccccc2-c2ccccc21. The number of rotatable bonds is 2. The molecule has 3 aromatic rings. The van der Waals surface area contributed by atoms with E-state index in [4.69, 9.17) is 11.6 Å². The average Bonchev–Trinajstić information content (AvgIpc) is 2.88. The molecule has 0 fully saturated rings. The van der Waals surface area contributed by atoms with Gasteiger partial charge in [0, 0.05) is 10.2 Å². The van der Waals surface area contributed by atoms with Gasteiger partial charge in [-0.25, -0.2) is 0 Å². The zero-order chi connectivity index (χ0) is 16.7. The maximum Gasteiger partial charge on any atom is 0.254 e. The molecule has 1 aliphatic rings. The second-order valence-electron chi connectivity index (χ2n) is 5.71. The Bertz CT molecular complexity index is 891. The summed E-state index contributed by atoms with van der Waals surface area (Å²) in [5.74, 6) is -0.246. The van der Waals surface area contributed by atoms with Crippen molar-refractivity contribution in [3.05, 3.63) is 88.4 Å². The van der Waals surface area contributed by atoms with Gasteiger partial charge in [-0.1, -0.05) is 76.1 Å². The number of benzene rings is 3. The smallest absolute Gasteiger partial charge is 0.254 e. The minimum Gasteiger partial charge on any atom is -0.324 e.